The molecule has 0 aliphatic heterocycles. The van der Waals surface area contributed by atoms with Crippen LogP contribution < -0.4 is 10.6 Å². The van der Waals surface area contributed by atoms with Gasteiger partial charge in [-0.05, 0) is 50.1 Å². The van der Waals surface area contributed by atoms with Crippen molar-refractivity contribution in [1.29, 1.82) is 5.26 Å². The average molecular weight is 384 g/mol. The van der Waals surface area contributed by atoms with Crippen molar-refractivity contribution in [3.63, 3.8) is 0 Å². The van der Waals surface area contributed by atoms with Crippen LogP contribution in [0.15, 0.2) is 60.3 Å². The van der Waals surface area contributed by atoms with E-state index in [4.69, 9.17) is 0 Å². The van der Waals surface area contributed by atoms with Gasteiger partial charge in [0.25, 0.3) is 5.91 Å². The van der Waals surface area contributed by atoms with E-state index >= 15 is 0 Å². The van der Waals surface area contributed by atoms with E-state index in [1.165, 1.54) is 0 Å². The van der Waals surface area contributed by atoms with Crippen LogP contribution in [0.4, 0.5) is 0 Å². The average Bonchev–Trinajstić information content (AvgIpc) is 2.67. The molecule has 142 valence electrons. The third-order valence-corrected chi connectivity index (χ3v) is 4.19. The van der Waals surface area contributed by atoms with Crippen LogP contribution in [-0.4, -0.2) is 24.1 Å². The molecule has 0 aliphatic carbocycles. The van der Waals surface area contributed by atoms with Crippen LogP contribution in [-0.2, 0) is 10.2 Å². The van der Waals surface area contributed by atoms with Crippen molar-refractivity contribution in [3.8, 4) is 6.07 Å². The number of carbonyl (C=O) groups is 2. The number of allylic oxidation sites excluding steroid dienone is 3. The van der Waals surface area contributed by atoms with Crippen LogP contribution in [0.1, 0.15) is 36.7 Å². The molecule has 2 amide bonds. The summed E-state index contributed by atoms with van der Waals surface area (Å²) >= 11 is 3.95. The Morgan fingerprint density at radius 2 is 2.07 bits per heavy atom. The molecule has 5 nitrogen and oxygen atoms in total. The van der Waals surface area contributed by atoms with Crippen molar-refractivity contribution in [2.75, 3.05) is 12.3 Å². The number of nitriles is 1. The molecule has 0 aliphatic rings. The van der Waals surface area contributed by atoms with Crippen molar-refractivity contribution < 1.29 is 9.59 Å². The Bertz CT molecular complexity index is 817. The second-order valence-electron chi connectivity index (χ2n) is 6.44. The van der Waals surface area contributed by atoms with Gasteiger partial charge in [-0.3, -0.25) is 9.59 Å². The largest absolute Gasteiger partial charge is 0.348 e. The first-order valence-electron chi connectivity index (χ1n) is 8.45. The summed E-state index contributed by atoms with van der Waals surface area (Å²) in [5, 5.41) is 14.8. The molecule has 0 aromatic heterocycles. The van der Waals surface area contributed by atoms with Crippen LogP contribution in [0.25, 0.3) is 0 Å². The summed E-state index contributed by atoms with van der Waals surface area (Å²) in [7, 11) is 0. The molecule has 0 bridgehead atoms. The van der Waals surface area contributed by atoms with E-state index in [0.29, 0.717) is 11.3 Å². The van der Waals surface area contributed by atoms with Crippen molar-refractivity contribution >= 4 is 24.4 Å². The van der Waals surface area contributed by atoms with Crippen LogP contribution in [0.2, 0.25) is 0 Å². The topological polar surface area (TPSA) is 82.0 Å². The van der Waals surface area contributed by atoms with Crippen LogP contribution in [0.5, 0.6) is 0 Å². The number of nitrogens with zero attached hydrogens (tertiary/aromatic N) is 1. The fourth-order valence-corrected chi connectivity index (χ4v) is 2.31. The zero-order valence-electron chi connectivity index (χ0n) is 15.9. The summed E-state index contributed by atoms with van der Waals surface area (Å²) in [5.41, 5.74) is 1.98. The fraction of sp³-hybridized carbons (Fsp3) is 0.286. The highest BCUT2D eigenvalue weighted by atomic mass is 32.1. The molecule has 27 heavy (non-hydrogen) atoms. The number of hydrogen-bond acceptors (Lipinski definition) is 4. The van der Waals surface area contributed by atoms with Gasteiger partial charge in [-0.1, -0.05) is 30.9 Å². The van der Waals surface area contributed by atoms with Gasteiger partial charge in [0.15, 0.2) is 0 Å². The molecule has 0 heterocycles. The van der Waals surface area contributed by atoms with E-state index in [0.717, 1.165) is 11.1 Å². The molecule has 0 saturated carbocycles. The molecule has 1 aromatic rings. The van der Waals surface area contributed by atoms with Gasteiger partial charge in [0.1, 0.15) is 0 Å². The number of nitrogens with one attached hydrogen (secondary N) is 2. The highest BCUT2D eigenvalue weighted by Crippen LogP contribution is 2.22. The number of hydrogen-bond donors (Lipinski definition) is 3. The monoisotopic (exact) mass is 383 g/mol. The van der Waals surface area contributed by atoms with Gasteiger partial charge in [-0.25, -0.2) is 0 Å². The molecule has 1 rings (SSSR count). The Labute approximate surface area is 166 Å². The highest BCUT2D eigenvalue weighted by molar-refractivity contribution is 7.81. The Balaban J connectivity index is 2.90. The minimum atomic E-state index is -0.674. The number of thiol groups is 1. The number of rotatable bonds is 8. The molecular weight excluding hydrogens is 358 g/mol. The zero-order chi connectivity index (χ0) is 20.4. The van der Waals surface area contributed by atoms with Gasteiger partial charge < -0.3 is 10.6 Å². The zero-order valence-corrected chi connectivity index (χ0v) is 16.8. The molecule has 0 atom stereocenters. The lowest BCUT2D eigenvalue weighted by atomic mass is 9.85. The lowest BCUT2D eigenvalue weighted by molar-refractivity contribution is -0.117. The minimum Gasteiger partial charge on any atom is -0.348 e. The Morgan fingerprint density at radius 3 is 2.67 bits per heavy atom. The van der Waals surface area contributed by atoms with Crippen molar-refractivity contribution in [2.45, 2.75) is 26.2 Å². The predicted molar refractivity (Wildman–Crippen MR) is 111 cm³/mol. The Morgan fingerprint density at radius 1 is 1.37 bits per heavy atom. The maximum absolute atomic E-state index is 12.4. The Kier molecular flexibility index (Phi) is 8.57. The third-order valence-electron chi connectivity index (χ3n) is 3.91. The highest BCUT2D eigenvalue weighted by Gasteiger charge is 2.20. The van der Waals surface area contributed by atoms with Crippen molar-refractivity contribution in [3.05, 3.63) is 71.5 Å². The standard InChI is InChI=1S/C21H25N3O2S/c1-5-7-15(2)18(24-19(25)13-27)10-11-23-20(26)16-8-6-9-17(12-16)21(3,4)14-22/h5-10,12,27H,1,11,13H2,2-4H3,(H,23,26)(H,24,25)/b15-7-,18-10+. The van der Waals surface area contributed by atoms with Gasteiger partial charge >= 0.3 is 0 Å². The number of carbonyl (C=O) groups excluding carboxylic acids is 2. The second-order valence-corrected chi connectivity index (χ2v) is 6.75. The maximum atomic E-state index is 12.4. The van der Waals surface area contributed by atoms with E-state index in [1.807, 2.05) is 13.0 Å². The molecule has 2 N–H and O–H groups in total. The summed E-state index contributed by atoms with van der Waals surface area (Å²) in [6, 6.07) is 9.23. The van der Waals surface area contributed by atoms with Gasteiger partial charge in [-0.2, -0.15) is 17.9 Å². The molecule has 0 spiro atoms. The first-order chi connectivity index (χ1) is 12.7. The quantitative estimate of drug-likeness (QED) is 0.476. The van der Waals surface area contributed by atoms with E-state index in [9.17, 15) is 14.9 Å². The molecule has 0 unspecified atom stereocenters. The summed E-state index contributed by atoms with van der Waals surface area (Å²) in [5.74, 6) is -0.432. The molecule has 0 radical (unpaired) electrons. The SMILES string of the molecule is C=C/C=C(C)\C(=C/CNC(=O)c1cccc(C(C)(C)C#N)c1)NC(=O)CS. The van der Waals surface area contributed by atoms with E-state index in [-0.39, 0.29) is 24.1 Å². The summed E-state index contributed by atoms with van der Waals surface area (Å²) in [6.45, 7) is 9.31. The molecule has 0 saturated heterocycles. The lowest BCUT2D eigenvalue weighted by Crippen LogP contribution is -2.28. The van der Waals surface area contributed by atoms with Gasteiger partial charge in [0.05, 0.1) is 17.2 Å². The molecule has 0 fully saturated rings. The van der Waals surface area contributed by atoms with Crippen LogP contribution in [0.3, 0.4) is 0 Å². The summed E-state index contributed by atoms with van der Waals surface area (Å²) in [4.78, 5) is 24.0. The van der Waals surface area contributed by atoms with Crippen molar-refractivity contribution in [1.82, 2.24) is 10.6 Å². The minimum absolute atomic E-state index is 0.0620. The third kappa shape index (κ3) is 6.80. The fourth-order valence-electron chi connectivity index (χ4n) is 2.23. The van der Waals surface area contributed by atoms with Gasteiger partial charge in [0, 0.05) is 17.8 Å². The van der Waals surface area contributed by atoms with Gasteiger partial charge in [-0.15, -0.1) is 0 Å². The maximum Gasteiger partial charge on any atom is 0.251 e. The molecule has 1 aromatic carbocycles. The first kappa shape index (κ1) is 22.3. The first-order valence-corrected chi connectivity index (χ1v) is 9.09. The van der Waals surface area contributed by atoms with Crippen LogP contribution >= 0.6 is 12.6 Å². The normalized spacial score (nSPS) is 12.1. The van der Waals surface area contributed by atoms with E-state index in [2.05, 4.69) is 35.9 Å². The molecule has 6 heteroatoms. The van der Waals surface area contributed by atoms with Crippen LogP contribution in [0, 0.1) is 11.3 Å². The summed E-state index contributed by atoms with van der Waals surface area (Å²) in [6.07, 6.45) is 5.11. The number of amides is 2. The Hall–Kier alpha value is -2.78. The second kappa shape index (κ2) is 10.4. The van der Waals surface area contributed by atoms with E-state index < -0.39 is 5.41 Å². The summed E-state index contributed by atoms with van der Waals surface area (Å²) < 4.78 is 0. The number of benzene rings is 1. The van der Waals surface area contributed by atoms with Crippen molar-refractivity contribution in [2.24, 2.45) is 0 Å². The smallest absolute Gasteiger partial charge is 0.251 e. The van der Waals surface area contributed by atoms with E-state index in [1.54, 1.807) is 50.3 Å². The predicted octanol–water partition coefficient (Wildman–Crippen LogP) is 3.28. The van der Waals surface area contributed by atoms with Gasteiger partial charge in [0.2, 0.25) is 5.91 Å². The molecular formula is C21H25N3O2S. The lowest BCUT2D eigenvalue weighted by Gasteiger charge is -2.16.